The van der Waals surface area contributed by atoms with Gasteiger partial charge in [-0.2, -0.15) is 0 Å². The van der Waals surface area contributed by atoms with Gasteiger partial charge in [-0.25, -0.2) is 4.79 Å². The van der Waals surface area contributed by atoms with E-state index in [2.05, 4.69) is 6.58 Å². The summed E-state index contributed by atoms with van der Waals surface area (Å²) in [6.45, 7) is 2.90. The third-order valence-electron chi connectivity index (χ3n) is 1.28. The molecule has 16 heavy (non-hydrogen) atoms. The van der Waals surface area contributed by atoms with Crippen molar-refractivity contribution in [3.8, 4) is 5.75 Å². The van der Waals surface area contributed by atoms with Crippen LogP contribution in [0.2, 0.25) is 0 Å². The largest absolute Gasteiger partial charge is 2.00 e. The van der Waals surface area contributed by atoms with E-state index in [-0.39, 0.29) is 25.0 Å². The van der Waals surface area contributed by atoms with E-state index in [9.17, 15) is 9.90 Å². The van der Waals surface area contributed by atoms with Crippen LogP contribution in [-0.2, 0) is 24.3 Å². The Morgan fingerprint density at radius 3 is 2.00 bits per heavy atom. The van der Waals surface area contributed by atoms with Gasteiger partial charge in [0.25, 0.3) is 0 Å². The summed E-state index contributed by atoms with van der Waals surface area (Å²) in [5.41, 5.74) is -0.178. The average Bonchev–Trinajstić information content (AvgIpc) is 2.19. The molecule has 0 bridgehead atoms. The summed E-state index contributed by atoms with van der Waals surface area (Å²) in [6, 6.07) is 5.54. The van der Waals surface area contributed by atoms with Crippen LogP contribution in [0.4, 0.5) is 0 Å². The van der Waals surface area contributed by atoms with Crippen molar-refractivity contribution in [2.75, 3.05) is 0 Å². The molecule has 0 aliphatic rings. The van der Waals surface area contributed by atoms with Gasteiger partial charge in [-0.05, 0) is 12.1 Å². The van der Waals surface area contributed by atoms with E-state index in [0.717, 1.165) is 6.08 Å². The summed E-state index contributed by atoms with van der Waals surface area (Å²) in [6.07, 6.45) is 0.722. The predicted molar refractivity (Wildman–Crippen MR) is 48.1 cm³/mol. The number of carbonyl (C=O) groups excluding carboxylic acids is 1. The molecule has 0 radical (unpaired) electrons. The van der Waals surface area contributed by atoms with E-state index < -0.39 is 17.7 Å². The number of carboxylic acid groups (broad SMARTS) is 2. The first kappa shape index (κ1) is 16.7. The second-order valence-corrected chi connectivity index (χ2v) is 2.32. The van der Waals surface area contributed by atoms with Crippen molar-refractivity contribution in [1.29, 1.82) is 0 Å². The van der Waals surface area contributed by atoms with Crippen LogP contribution in [0.3, 0.4) is 0 Å². The molecular weight excluding hydrogens is 265 g/mol. The Bertz CT molecular complexity index is 375. The Balaban J connectivity index is 0. The Morgan fingerprint density at radius 1 is 1.31 bits per heavy atom. The first-order valence-electron chi connectivity index (χ1n) is 3.81. The maximum absolute atomic E-state index is 10.7. The van der Waals surface area contributed by atoms with E-state index in [4.69, 9.17) is 15.0 Å². The molecule has 1 N–H and O–H groups in total. The van der Waals surface area contributed by atoms with Crippen molar-refractivity contribution >= 4 is 11.9 Å². The van der Waals surface area contributed by atoms with Gasteiger partial charge in [0.15, 0.2) is 0 Å². The van der Waals surface area contributed by atoms with Gasteiger partial charge in [-0.15, -0.1) is 0 Å². The molecular formula is C10H8O5Zn. The molecule has 1 aromatic carbocycles. The Morgan fingerprint density at radius 2 is 1.75 bits per heavy atom. The summed E-state index contributed by atoms with van der Waals surface area (Å²) >= 11 is 0. The number of carbonyl (C=O) groups is 2. The fourth-order valence-corrected chi connectivity index (χ4v) is 0.643. The van der Waals surface area contributed by atoms with Gasteiger partial charge >= 0.3 is 25.4 Å². The maximum atomic E-state index is 10.7. The van der Waals surface area contributed by atoms with Crippen molar-refractivity contribution in [2.24, 2.45) is 0 Å². The minimum atomic E-state index is -1.23. The number of carboxylic acids is 2. The molecule has 1 aromatic rings. The molecule has 0 fully saturated rings. The molecule has 0 saturated carbocycles. The zero-order chi connectivity index (χ0) is 11.8. The smallest absolute Gasteiger partial charge is 0.872 e. The standard InChI is InChI=1S/C7H6O3.C3H4O2.Zn/c8-6-4-2-1-3-5(6)7(9)10;1-2-3(4)5;/h1-4,8H,(H,9,10);2H,1H2,(H,4,5);/q;;+2/p-2. The van der Waals surface area contributed by atoms with Crippen LogP contribution in [0.15, 0.2) is 36.9 Å². The number of benzene rings is 1. The first-order chi connectivity index (χ1) is 6.99. The number of aromatic carboxylic acids is 1. The normalized spacial score (nSPS) is 7.75. The SMILES string of the molecule is C=CC(=O)[O-].O=C(O)c1ccccc1[O-].[Zn+2]. The minimum absolute atomic E-state index is 0. The number of rotatable bonds is 2. The zero-order valence-electron chi connectivity index (χ0n) is 8.38. The van der Waals surface area contributed by atoms with Crippen molar-refractivity contribution in [2.45, 2.75) is 0 Å². The van der Waals surface area contributed by atoms with Crippen LogP contribution < -0.4 is 10.2 Å². The van der Waals surface area contributed by atoms with Gasteiger partial charge in [0.1, 0.15) is 0 Å². The van der Waals surface area contributed by atoms with Gasteiger partial charge in [0.05, 0.1) is 11.5 Å². The van der Waals surface area contributed by atoms with Crippen molar-refractivity contribution < 1.29 is 44.4 Å². The predicted octanol–water partition coefficient (Wildman–Crippen LogP) is -0.622. The monoisotopic (exact) mass is 272 g/mol. The van der Waals surface area contributed by atoms with E-state index in [1.54, 1.807) is 0 Å². The topological polar surface area (TPSA) is 100 Å². The molecule has 0 aliphatic heterocycles. The maximum Gasteiger partial charge on any atom is 2.00 e. The Hall–Kier alpha value is -1.68. The fraction of sp³-hybridized carbons (Fsp3) is 0. The molecule has 5 nitrogen and oxygen atoms in total. The van der Waals surface area contributed by atoms with Crippen LogP contribution >= 0.6 is 0 Å². The van der Waals surface area contributed by atoms with Crippen molar-refractivity contribution in [3.63, 3.8) is 0 Å². The molecule has 6 heteroatoms. The van der Waals surface area contributed by atoms with Crippen LogP contribution in [0.5, 0.6) is 5.75 Å². The quantitative estimate of drug-likeness (QED) is 0.571. The molecule has 1 rings (SSSR count). The summed E-state index contributed by atoms with van der Waals surface area (Å²) < 4.78 is 0. The summed E-state index contributed by atoms with van der Waals surface area (Å²) in [5, 5.41) is 28.2. The number of hydrogen-bond acceptors (Lipinski definition) is 4. The van der Waals surface area contributed by atoms with E-state index in [1.165, 1.54) is 24.3 Å². The van der Waals surface area contributed by atoms with E-state index in [1.807, 2.05) is 0 Å². The van der Waals surface area contributed by atoms with Crippen LogP contribution in [0, 0.1) is 0 Å². The number of para-hydroxylation sites is 1. The average molecular weight is 274 g/mol. The summed E-state index contributed by atoms with van der Waals surface area (Å²) in [5.74, 6) is -2.86. The molecule has 0 spiro atoms. The molecule has 80 valence electrons. The minimum Gasteiger partial charge on any atom is -0.872 e. The fourth-order valence-electron chi connectivity index (χ4n) is 0.643. The van der Waals surface area contributed by atoms with E-state index in [0.29, 0.717) is 0 Å². The number of aliphatic carboxylic acids is 1. The van der Waals surface area contributed by atoms with Crippen LogP contribution in [0.1, 0.15) is 10.4 Å². The van der Waals surface area contributed by atoms with Gasteiger partial charge in [-0.3, -0.25) is 0 Å². The molecule has 0 atom stereocenters. The first-order valence-corrected chi connectivity index (χ1v) is 3.81. The van der Waals surface area contributed by atoms with Gasteiger partial charge in [0, 0.05) is 0 Å². The molecule has 0 unspecified atom stereocenters. The van der Waals surface area contributed by atoms with Crippen molar-refractivity contribution in [1.82, 2.24) is 0 Å². The summed E-state index contributed by atoms with van der Waals surface area (Å²) in [7, 11) is 0. The van der Waals surface area contributed by atoms with Crippen molar-refractivity contribution in [3.05, 3.63) is 42.5 Å². The van der Waals surface area contributed by atoms with Crippen LogP contribution in [-0.4, -0.2) is 17.0 Å². The third kappa shape index (κ3) is 6.73. The zero-order valence-corrected chi connectivity index (χ0v) is 11.3. The van der Waals surface area contributed by atoms with Gasteiger partial charge in [-0.1, -0.05) is 30.5 Å². The molecule has 0 aromatic heterocycles. The Kier molecular flexibility index (Phi) is 9.02. The third-order valence-corrected chi connectivity index (χ3v) is 1.28. The summed E-state index contributed by atoms with van der Waals surface area (Å²) in [4.78, 5) is 19.4. The number of hydrogen-bond donors (Lipinski definition) is 1. The molecule has 0 heterocycles. The van der Waals surface area contributed by atoms with Gasteiger partial charge < -0.3 is 20.1 Å². The molecule has 0 amide bonds. The second-order valence-electron chi connectivity index (χ2n) is 2.32. The molecule has 0 saturated heterocycles. The molecule has 0 aliphatic carbocycles. The Labute approximate surface area is 105 Å². The second kappa shape index (κ2) is 8.62. The van der Waals surface area contributed by atoms with E-state index >= 15 is 0 Å². The van der Waals surface area contributed by atoms with Gasteiger partial charge in [0.2, 0.25) is 0 Å². The van der Waals surface area contributed by atoms with Crippen LogP contribution in [0.25, 0.3) is 0 Å².